The van der Waals surface area contributed by atoms with Crippen LogP contribution in [0.1, 0.15) is 19.4 Å². The van der Waals surface area contributed by atoms with Crippen molar-refractivity contribution in [3.8, 4) is 16.9 Å². The van der Waals surface area contributed by atoms with E-state index < -0.39 is 0 Å². The van der Waals surface area contributed by atoms with Gasteiger partial charge in [0.2, 0.25) is 0 Å². The van der Waals surface area contributed by atoms with E-state index in [1.807, 2.05) is 30.3 Å². The Balaban J connectivity index is 2.51. The average Bonchev–Trinajstić information content (AvgIpc) is 2.39. The van der Waals surface area contributed by atoms with Gasteiger partial charge in [-0.1, -0.05) is 49.4 Å². The van der Waals surface area contributed by atoms with Crippen molar-refractivity contribution in [2.24, 2.45) is 0 Å². The molecule has 0 saturated carbocycles. The van der Waals surface area contributed by atoms with Gasteiger partial charge in [0.25, 0.3) is 0 Å². The molecule has 0 amide bonds. The Labute approximate surface area is 107 Å². The zero-order chi connectivity index (χ0) is 13.0. The lowest BCUT2D eigenvalue weighted by Gasteiger charge is -2.12. The van der Waals surface area contributed by atoms with Gasteiger partial charge in [-0.25, -0.2) is 0 Å². The van der Waals surface area contributed by atoms with Gasteiger partial charge in [0.1, 0.15) is 5.75 Å². The van der Waals surface area contributed by atoms with E-state index in [2.05, 4.69) is 25.1 Å². The van der Waals surface area contributed by atoms with Crippen LogP contribution in [-0.4, -0.2) is 5.97 Å². The fraction of sp³-hybridized carbons (Fsp3) is 0.188. The number of hydrogen-bond donors (Lipinski definition) is 0. The van der Waals surface area contributed by atoms with E-state index in [0.717, 1.165) is 23.1 Å². The van der Waals surface area contributed by atoms with Crippen molar-refractivity contribution in [3.05, 3.63) is 54.1 Å². The van der Waals surface area contributed by atoms with Crippen LogP contribution in [0.5, 0.6) is 5.75 Å². The van der Waals surface area contributed by atoms with Crippen LogP contribution < -0.4 is 4.74 Å². The highest BCUT2D eigenvalue weighted by Gasteiger charge is 2.10. The van der Waals surface area contributed by atoms with Crippen molar-refractivity contribution in [3.63, 3.8) is 0 Å². The van der Waals surface area contributed by atoms with Crippen LogP contribution in [0.25, 0.3) is 11.1 Å². The van der Waals surface area contributed by atoms with E-state index in [4.69, 9.17) is 4.74 Å². The first-order chi connectivity index (χ1) is 8.72. The SMILES string of the molecule is CCc1c(OC(C)=O)cccc1-c1ccccc1. The fourth-order valence-corrected chi connectivity index (χ4v) is 2.07. The number of benzene rings is 2. The van der Waals surface area contributed by atoms with Crippen LogP contribution in [0, 0.1) is 0 Å². The molecular weight excluding hydrogens is 224 g/mol. The molecule has 92 valence electrons. The number of hydrogen-bond acceptors (Lipinski definition) is 2. The first-order valence-corrected chi connectivity index (χ1v) is 6.08. The lowest BCUT2D eigenvalue weighted by atomic mass is 9.97. The minimum atomic E-state index is -0.282. The molecule has 0 fully saturated rings. The van der Waals surface area contributed by atoms with E-state index in [1.165, 1.54) is 6.92 Å². The van der Waals surface area contributed by atoms with E-state index in [9.17, 15) is 4.79 Å². The summed E-state index contributed by atoms with van der Waals surface area (Å²) < 4.78 is 5.26. The third-order valence-electron chi connectivity index (χ3n) is 2.83. The van der Waals surface area contributed by atoms with E-state index in [-0.39, 0.29) is 5.97 Å². The van der Waals surface area contributed by atoms with Crippen LogP contribution in [0.4, 0.5) is 0 Å². The molecule has 0 unspecified atom stereocenters. The first kappa shape index (κ1) is 12.4. The van der Waals surface area contributed by atoms with Gasteiger partial charge < -0.3 is 4.74 Å². The van der Waals surface area contributed by atoms with Gasteiger partial charge in [-0.3, -0.25) is 4.79 Å². The summed E-state index contributed by atoms with van der Waals surface area (Å²) in [5, 5.41) is 0. The topological polar surface area (TPSA) is 26.3 Å². The Morgan fingerprint density at radius 2 is 1.78 bits per heavy atom. The molecule has 2 nitrogen and oxygen atoms in total. The van der Waals surface area contributed by atoms with Crippen molar-refractivity contribution in [2.45, 2.75) is 20.3 Å². The van der Waals surface area contributed by atoms with Crippen LogP contribution in [-0.2, 0) is 11.2 Å². The summed E-state index contributed by atoms with van der Waals surface area (Å²) in [6.45, 7) is 3.49. The molecule has 0 atom stereocenters. The molecule has 0 aromatic heterocycles. The molecule has 0 heterocycles. The van der Waals surface area contributed by atoms with Crippen LogP contribution in [0.3, 0.4) is 0 Å². The van der Waals surface area contributed by atoms with Gasteiger partial charge in [-0.05, 0) is 23.6 Å². The molecule has 0 aliphatic rings. The van der Waals surface area contributed by atoms with Gasteiger partial charge in [0, 0.05) is 12.5 Å². The smallest absolute Gasteiger partial charge is 0.308 e. The number of carbonyl (C=O) groups excluding carboxylic acids is 1. The summed E-state index contributed by atoms with van der Waals surface area (Å²) in [7, 11) is 0. The van der Waals surface area contributed by atoms with Crippen LogP contribution in [0.2, 0.25) is 0 Å². The molecule has 0 N–H and O–H groups in total. The third-order valence-corrected chi connectivity index (χ3v) is 2.83. The Morgan fingerprint density at radius 3 is 2.39 bits per heavy atom. The minimum absolute atomic E-state index is 0.282. The maximum Gasteiger partial charge on any atom is 0.308 e. The van der Waals surface area contributed by atoms with Gasteiger partial charge in [-0.2, -0.15) is 0 Å². The molecule has 0 aliphatic carbocycles. The predicted molar refractivity (Wildman–Crippen MR) is 72.6 cm³/mol. The Kier molecular flexibility index (Phi) is 3.78. The first-order valence-electron chi connectivity index (χ1n) is 6.08. The summed E-state index contributed by atoms with van der Waals surface area (Å²) >= 11 is 0. The van der Waals surface area contributed by atoms with Crippen molar-refractivity contribution in [1.82, 2.24) is 0 Å². The number of carbonyl (C=O) groups is 1. The quantitative estimate of drug-likeness (QED) is 0.602. The molecule has 2 aromatic carbocycles. The van der Waals surface area contributed by atoms with Crippen LogP contribution in [0.15, 0.2) is 48.5 Å². The summed E-state index contributed by atoms with van der Waals surface area (Å²) in [6, 6.07) is 15.9. The molecule has 0 bridgehead atoms. The highest BCUT2D eigenvalue weighted by molar-refractivity contribution is 5.74. The average molecular weight is 240 g/mol. The van der Waals surface area contributed by atoms with Crippen LogP contribution >= 0.6 is 0 Å². The highest BCUT2D eigenvalue weighted by Crippen LogP contribution is 2.31. The Morgan fingerprint density at radius 1 is 1.06 bits per heavy atom. The second kappa shape index (κ2) is 5.50. The maximum atomic E-state index is 11.1. The number of esters is 1. The predicted octanol–water partition coefficient (Wildman–Crippen LogP) is 3.84. The molecule has 18 heavy (non-hydrogen) atoms. The molecule has 2 rings (SSSR count). The number of rotatable bonds is 3. The zero-order valence-electron chi connectivity index (χ0n) is 10.6. The lowest BCUT2D eigenvalue weighted by Crippen LogP contribution is -2.04. The van der Waals surface area contributed by atoms with Gasteiger partial charge in [-0.15, -0.1) is 0 Å². The Hall–Kier alpha value is -2.09. The van der Waals surface area contributed by atoms with Gasteiger partial charge in [0.05, 0.1) is 0 Å². The third kappa shape index (κ3) is 2.59. The van der Waals surface area contributed by atoms with E-state index in [0.29, 0.717) is 5.75 Å². The minimum Gasteiger partial charge on any atom is -0.426 e. The van der Waals surface area contributed by atoms with Crippen molar-refractivity contribution >= 4 is 5.97 Å². The lowest BCUT2D eigenvalue weighted by molar-refractivity contribution is -0.131. The second-order valence-electron chi connectivity index (χ2n) is 4.10. The summed E-state index contributed by atoms with van der Waals surface area (Å²) in [5.41, 5.74) is 3.33. The summed E-state index contributed by atoms with van der Waals surface area (Å²) in [4.78, 5) is 11.1. The van der Waals surface area contributed by atoms with Crippen molar-refractivity contribution in [2.75, 3.05) is 0 Å². The summed E-state index contributed by atoms with van der Waals surface area (Å²) in [6.07, 6.45) is 0.827. The van der Waals surface area contributed by atoms with E-state index >= 15 is 0 Å². The number of ether oxygens (including phenoxy) is 1. The van der Waals surface area contributed by atoms with Crippen molar-refractivity contribution in [1.29, 1.82) is 0 Å². The largest absolute Gasteiger partial charge is 0.426 e. The molecule has 2 aromatic rings. The standard InChI is InChI=1S/C16H16O2/c1-3-14-15(13-8-5-4-6-9-13)10-7-11-16(14)18-12(2)17/h4-11H,3H2,1-2H3. The molecule has 0 spiro atoms. The zero-order valence-corrected chi connectivity index (χ0v) is 10.6. The normalized spacial score (nSPS) is 10.1. The maximum absolute atomic E-state index is 11.1. The molecule has 2 heteroatoms. The highest BCUT2D eigenvalue weighted by atomic mass is 16.5. The van der Waals surface area contributed by atoms with Gasteiger partial charge in [0.15, 0.2) is 0 Å². The monoisotopic (exact) mass is 240 g/mol. The summed E-state index contributed by atoms with van der Waals surface area (Å²) in [5.74, 6) is 0.376. The van der Waals surface area contributed by atoms with E-state index in [1.54, 1.807) is 0 Å². The fourth-order valence-electron chi connectivity index (χ4n) is 2.07. The molecule has 0 radical (unpaired) electrons. The van der Waals surface area contributed by atoms with Crippen molar-refractivity contribution < 1.29 is 9.53 Å². The molecule has 0 aliphatic heterocycles. The van der Waals surface area contributed by atoms with Gasteiger partial charge >= 0.3 is 5.97 Å². The Bertz CT molecular complexity index is 544. The second-order valence-corrected chi connectivity index (χ2v) is 4.10. The molecular formula is C16H16O2. The molecule has 0 saturated heterocycles.